The minimum absolute atomic E-state index is 0.266. The molecule has 0 spiro atoms. The summed E-state index contributed by atoms with van der Waals surface area (Å²) in [5.74, 6) is -1.06. The highest BCUT2D eigenvalue weighted by Crippen LogP contribution is 2.22. The quantitative estimate of drug-likeness (QED) is 0.897. The van der Waals surface area contributed by atoms with E-state index in [-0.39, 0.29) is 11.7 Å². The summed E-state index contributed by atoms with van der Waals surface area (Å²) in [6.45, 7) is 1.98. The summed E-state index contributed by atoms with van der Waals surface area (Å²) in [4.78, 5) is 26.0. The molecule has 7 heteroatoms. The van der Waals surface area contributed by atoms with E-state index in [1.807, 2.05) is 0 Å². The van der Waals surface area contributed by atoms with Crippen molar-refractivity contribution in [2.45, 2.75) is 19.4 Å². The highest BCUT2D eigenvalue weighted by Gasteiger charge is 2.33. The maximum Gasteiger partial charge on any atom is 0.319 e. The third-order valence-electron chi connectivity index (χ3n) is 4.17. The van der Waals surface area contributed by atoms with Gasteiger partial charge in [-0.15, -0.1) is 0 Å². The predicted octanol–water partition coefficient (Wildman–Crippen LogP) is 3.20. The highest BCUT2D eigenvalue weighted by molar-refractivity contribution is 6.02. The molecule has 2 aromatic rings. The molecule has 1 fully saturated rings. The summed E-state index contributed by atoms with van der Waals surface area (Å²) in [6.07, 6.45) is 0.436. The number of benzene rings is 2. The van der Waals surface area contributed by atoms with Gasteiger partial charge in [-0.05, 0) is 49.7 Å². The first kappa shape index (κ1) is 16.9. The van der Waals surface area contributed by atoms with Crippen molar-refractivity contribution in [3.63, 3.8) is 0 Å². The maximum atomic E-state index is 13.5. The average molecular weight is 345 g/mol. The minimum Gasteiger partial charge on any atom is -0.326 e. The molecule has 0 aromatic heterocycles. The molecular formula is C18H17F2N3O2. The largest absolute Gasteiger partial charge is 0.326 e. The lowest BCUT2D eigenvalue weighted by Gasteiger charge is -2.17. The van der Waals surface area contributed by atoms with Crippen molar-refractivity contribution in [3.8, 4) is 0 Å². The summed E-state index contributed by atoms with van der Waals surface area (Å²) < 4.78 is 26.5. The molecule has 25 heavy (non-hydrogen) atoms. The molecule has 3 rings (SSSR count). The van der Waals surface area contributed by atoms with Crippen molar-refractivity contribution in [2.24, 2.45) is 0 Å². The van der Waals surface area contributed by atoms with Gasteiger partial charge < -0.3 is 15.5 Å². The summed E-state index contributed by atoms with van der Waals surface area (Å²) in [6, 6.07) is 8.73. The number of carbonyl (C=O) groups excluding carboxylic acids is 2. The van der Waals surface area contributed by atoms with Crippen LogP contribution < -0.4 is 15.5 Å². The number of halogens is 2. The Labute approximate surface area is 143 Å². The van der Waals surface area contributed by atoms with Gasteiger partial charge in [0.15, 0.2) is 0 Å². The first-order valence-electron chi connectivity index (χ1n) is 7.85. The van der Waals surface area contributed by atoms with Crippen molar-refractivity contribution in [1.29, 1.82) is 0 Å². The smallest absolute Gasteiger partial charge is 0.319 e. The van der Waals surface area contributed by atoms with Gasteiger partial charge in [-0.3, -0.25) is 4.79 Å². The second kappa shape index (κ2) is 6.88. The summed E-state index contributed by atoms with van der Waals surface area (Å²) in [7, 11) is 0. The number of amides is 3. The number of carbonyl (C=O) groups is 2. The fraction of sp³-hybridized carbons (Fsp3) is 0.222. The van der Waals surface area contributed by atoms with E-state index >= 15 is 0 Å². The summed E-state index contributed by atoms with van der Waals surface area (Å²) >= 11 is 0. The van der Waals surface area contributed by atoms with Crippen molar-refractivity contribution in [2.75, 3.05) is 16.8 Å². The Balaban J connectivity index is 1.63. The van der Waals surface area contributed by atoms with Gasteiger partial charge in [0.05, 0.1) is 0 Å². The van der Waals surface area contributed by atoms with Crippen LogP contribution in [0.15, 0.2) is 42.5 Å². The van der Waals surface area contributed by atoms with Gasteiger partial charge in [0.2, 0.25) is 5.91 Å². The Hall–Kier alpha value is -2.96. The Morgan fingerprint density at radius 2 is 1.88 bits per heavy atom. The van der Waals surface area contributed by atoms with E-state index in [0.29, 0.717) is 29.9 Å². The van der Waals surface area contributed by atoms with E-state index in [1.54, 1.807) is 13.0 Å². The topological polar surface area (TPSA) is 61.4 Å². The molecule has 2 aromatic carbocycles. The zero-order valence-electron chi connectivity index (χ0n) is 13.6. The molecular weight excluding hydrogens is 328 g/mol. The van der Waals surface area contributed by atoms with E-state index in [9.17, 15) is 18.4 Å². The lowest BCUT2D eigenvalue weighted by Crippen LogP contribution is -2.43. The van der Waals surface area contributed by atoms with Gasteiger partial charge in [0.25, 0.3) is 0 Å². The van der Waals surface area contributed by atoms with Gasteiger partial charge in [-0.2, -0.15) is 0 Å². The van der Waals surface area contributed by atoms with E-state index in [2.05, 4.69) is 10.6 Å². The zero-order chi connectivity index (χ0) is 18.0. The number of nitrogens with one attached hydrogen (secondary N) is 2. The molecule has 1 unspecified atom stereocenters. The second-order valence-corrected chi connectivity index (χ2v) is 5.82. The van der Waals surface area contributed by atoms with Crippen LogP contribution in [-0.4, -0.2) is 24.5 Å². The van der Waals surface area contributed by atoms with Gasteiger partial charge >= 0.3 is 6.03 Å². The molecule has 1 saturated heterocycles. The maximum absolute atomic E-state index is 13.5. The van der Waals surface area contributed by atoms with Crippen LogP contribution in [0.5, 0.6) is 0 Å². The Morgan fingerprint density at radius 3 is 2.60 bits per heavy atom. The summed E-state index contributed by atoms with van der Waals surface area (Å²) in [5.41, 5.74) is 1.25. The Morgan fingerprint density at radius 1 is 1.16 bits per heavy atom. The zero-order valence-corrected chi connectivity index (χ0v) is 13.6. The van der Waals surface area contributed by atoms with Crippen LogP contribution >= 0.6 is 0 Å². The van der Waals surface area contributed by atoms with Gasteiger partial charge in [0, 0.05) is 23.5 Å². The molecule has 0 bridgehead atoms. The number of urea groups is 1. The molecule has 5 nitrogen and oxygen atoms in total. The normalized spacial score (nSPS) is 16.8. The van der Waals surface area contributed by atoms with Crippen LogP contribution in [0, 0.1) is 18.6 Å². The minimum atomic E-state index is -0.682. The number of hydrogen-bond acceptors (Lipinski definition) is 2. The molecule has 0 aliphatic carbocycles. The molecule has 0 radical (unpaired) electrons. The van der Waals surface area contributed by atoms with Crippen LogP contribution in [0.2, 0.25) is 0 Å². The first-order valence-corrected chi connectivity index (χ1v) is 7.85. The van der Waals surface area contributed by atoms with E-state index in [0.717, 1.165) is 0 Å². The fourth-order valence-electron chi connectivity index (χ4n) is 2.75. The van der Waals surface area contributed by atoms with Gasteiger partial charge in [0.1, 0.15) is 17.7 Å². The van der Waals surface area contributed by atoms with E-state index in [1.165, 1.54) is 41.3 Å². The second-order valence-electron chi connectivity index (χ2n) is 5.82. The lowest BCUT2D eigenvalue weighted by molar-refractivity contribution is -0.118. The lowest BCUT2D eigenvalue weighted by atomic mass is 10.2. The molecule has 1 atom stereocenters. The monoisotopic (exact) mass is 345 g/mol. The number of nitrogens with zero attached hydrogens (tertiary/aromatic N) is 1. The molecule has 3 amide bonds. The SMILES string of the molecule is Cc1c(F)cccc1NC(=O)NC1CCN(c2ccc(F)cc2)C1=O. The molecule has 130 valence electrons. The van der Waals surface area contributed by atoms with Crippen LogP contribution in [0.1, 0.15) is 12.0 Å². The van der Waals surface area contributed by atoms with Crippen LogP contribution in [-0.2, 0) is 4.79 Å². The number of rotatable bonds is 3. The third-order valence-corrected chi connectivity index (χ3v) is 4.17. The number of anilines is 2. The first-order chi connectivity index (χ1) is 12.0. The molecule has 1 heterocycles. The summed E-state index contributed by atoms with van der Waals surface area (Å²) in [5, 5.41) is 5.15. The van der Waals surface area contributed by atoms with Gasteiger partial charge in [-0.25, -0.2) is 13.6 Å². The highest BCUT2D eigenvalue weighted by atomic mass is 19.1. The van der Waals surface area contributed by atoms with Crippen LogP contribution in [0.4, 0.5) is 25.0 Å². The van der Waals surface area contributed by atoms with E-state index in [4.69, 9.17) is 0 Å². The van der Waals surface area contributed by atoms with Crippen molar-refractivity contribution < 1.29 is 18.4 Å². The molecule has 1 aliphatic rings. The third kappa shape index (κ3) is 3.60. The standard InChI is InChI=1S/C18H17F2N3O2/c1-11-14(20)3-2-4-15(11)21-18(25)22-16-9-10-23(17(16)24)13-7-5-12(19)6-8-13/h2-8,16H,9-10H2,1H3,(H2,21,22,25). The van der Waals surface area contributed by atoms with Crippen molar-refractivity contribution in [3.05, 3.63) is 59.7 Å². The fourth-order valence-corrected chi connectivity index (χ4v) is 2.75. The van der Waals surface area contributed by atoms with Crippen molar-refractivity contribution in [1.82, 2.24) is 5.32 Å². The van der Waals surface area contributed by atoms with Crippen molar-refractivity contribution >= 4 is 23.3 Å². The molecule has 1 aliphatic heterocycles. The molecule has 2 N–H and O–H groups in total. The number of hydrogen-bond donors (Lipinski definition) is 2. The Kier molecular flexibility index (Phi) is 4.65. The average Bonchev–Trinajstić information content (AvgIpc) is 2.93. The van der Waals surface area contributed by atoms with Gasteiger partial charge in [-0.1, -0.05) is 6.07 Å². The van der Waals surface area contributed by atoms with E-state index < -0.39 is 17.9 Å². The van der Waals surface area contributed by atoms with Crippen LogP contribution in [0.3, 0.4) is 0 Å². The predicted molar refractivity (Wildman–Crippen MR) is 90.4 cm³/mol. The van der Waals surface area contributed by atoms with Crippen LogP contribution in [0.25, 0.3) is 0 Å². The molecule has 0 saturated carbocycles. The Bertz CT molecular complexity index is 808.